The third-order valence-corrected chi connectivity index (χ3v) is 5.75. The molecule has 1 saturated heterocycles. The van der Waals surface area contributed by atoms with Crippen molar-refractivity contribution < 1.29 is 14.4 Å². The molecule has 4 amide bonds. The Kier molecular flexibility index (Phi) is 5.51. The molecule has 3 rings (SSSR count). The summed E-state index contributed by atoms with van der Waals surface area (Å²) in [7, 11) is 0. The predicted molar refractivity (Wildman–Crippen MR) is 104 cm³/mol. The number of aryl methyl sites for hydroxylation is 1. The molecule has 7 heteroatoms. The number of hydrogen-bond acceptors (Lipinski definition) is 4. The molecule has 1 aliphatic rings. The topological polar surface area (TPSA) is 78.5 Å². The lowest BCUT2D eigenvalue weighted by Gasteiger charge is -2.25. The quantitative estimate of drug-likeness (QED) is 0.594. The Balaban J connectivity index is 1.70. The molecule has 6 nitrogen and oxygen atoms in total. The zero-order valence-electron chi connectivity index (χ0n) is 15.2. The van der Waals surface area contributed by atoms with Gasteiger partial charge in [0, 0.05) is 4.90 Å². The van der Waals surface area contributed by atoms with Gasteiger partial charge in [0.05, 0.1) is 5.75 Å². The zero-order valence-corrected chi connectivity index (χ0v) is 16.0. The third kappa shape index (κ3) is 3.68. The van der Waals surface area contributed by atoms with Crippen molar-refractivity contribution >= 4 is 29.6 Å². The smallest absolute Gasteiger partial charge is 0.318 e. The average molecular weight is 383 g/mol. The van der Waals surface area contributed by atoms with Crippen molar-refractivity contribution in [3.63, 3.8) is 0 Å². The number of nitrogens with zero attached hydrogens (tertiary/aromatic N) is 1. The first kappa shape index (κ1) is 19.0. The van der Waals surface area contributed by atoms with Crippen LogP contribution in [0, 0.1) is 6.92 Å². The highest BCUT2D eigenvalue weighted by Crippen LogP contribution is 2.31. The molecule has 0 radical (unpaired) electrons. The molecule has 0 spiro atoms. The van der Waals surface area contributed by atoms with Crippen molar-refractivity contribution in [2.24, 2.45) is 0 Å². The Morgan fingerprint density at radius 2 is 1.78 bits per heavy atom. The van der Waals surface area contributed by atoms with E-state index in [1.165, 1.54) is 11.8 Å². The lowest BCUT2D eigenvalue weighted by molar-refractivity contribution is -0.138. The number of urea groups is 1. The second kappa shape index (κ2) is 7.84. The minimum atomic E-state index is -1.16. The monoisotopic (exact) mass is 383 g/mol. The molecule has 0 aromatic heterocycles. The molecule has 2 N–H and O–H groups in total. The molecule has 0 aliphatic carbocycles. The minimum Gasteiger partial charge on any atom is -0.318 e. The average Bonchev–Trinajstić information content (AvgIpc) is 2.93. The van der Waals surface area contributed by atoms with Gasteiger partial charge in [0.25, 0.3) is 5.91 Å². The molecule has 0 unspecified atom stereocenters. The number of carbonyl (C=O) groups excluding carboxylic acids is 3. The lowest BCUT2D eigenvalue weighted by Crippen LogP contribution is -2.49. The number of benzene rings is 2. The molecular formula is C20H21N3O3S. The van der Waals surface area contributed by atoms with Gasteiger partial charge in [-0.25, -0.2) is 4.79 Å². The Morgan fingerprint density at radius 1 is 1.11 bits per heavy atom. The fraction of sp³-hybridized carbons (Fsp3) is 0.250. The van der Waals surface area contributed by atoms with Crippen LogP contribution < -0.4 is 10.7 Å². The normalized spacial score (nSPS) is 19.1. The van der Waals surface area contributed by atoms with Crippen LogP contribution in [-0.2, 0) is 15.1 Å². The second-order valence-corrected chi connectivity index (χ2v) is 7.30. The largest absolute Gasteiger partial charge is 0.344 e. The van der Waals surface area contributed by atoms with Gasteiger partial charge >= 0.3 is 6.03 Å². The molecule has 0 saturated carbocycles. The summed E-state index contributed by atoms with van der Waals surface area (Å²) in [6.07, 6.45) is 0.381. The summed E-state index contributed by atoms with van der Waals surface area (Å²) in [5.74, 6) is -0.783. The maximum Gasteiger partial charge on any atom is 0.344 e. The van der Waals surface area contributed by atoms with Gasteiger partial charge in [-0.3, -0.25) is 15.0 Å². The van der Waals surface area contributed by atoms with Crippen molar-refractivity contribution in [1.29, 1.82) is 0 Å². The van der Waals surface area contributed by atoms with E-state index in [1.807, 2.05) is 56.3 Å². The minimum absolute atomic E-state index is 0.104. The number of hydrazine groups is 1. The third-order valence-electron chi connectivity index (χ3n) is 4.58. The van der Waals surface area contributed by atoms with E-state index in [4.69, 9.17) is 0 Å². The maximum atomic E-state index is 13.0. The van der Waals surface area contributed by atoms with Crippen LogP contribution in [0.25, 0.3) is 0 Å². The number of hydrogen-bond donors (Lipinski definition) is 2. The summed E-state index contributed by atoms with van der Waals surface area (Å²) in [6.45, 7) is 3.79. The van der Waals surface area contributed by atoms with Gasteiger partial charge in [0.2, 0.25) is 5.91 Å². The summed E-state index contributed by atoms with van der Waals surface area (Å²) < 4.78 is 0. The van der Waals surface area contributed by atoms with E-state index >= 15 is 0 Å². The fourth-order valence-electron chi connectivity index (χ4n) is 3.06. The SMILES string of the molecule is CC[C@@]1(c2ccccc2)NC(=O)N(NC(=O)CSc2ccccc2C)C1=O. The molecule has 1 fully saturated rings. The number of imide groups is 1. The van der Waals surface area contributed by atoms with Crippen molar-refractivity contribution in [2.75, 3.05) is 5.75 Å². The predicted octanol–water partition coefficient (Wildman–Crippen LogP) is 2.98. The molecule has 2 aromatic carbocycles. The Morgan fingerprint density at radius 3 is 2.44 bits per heavy atom. The summed E-state index contributed by atoms with van der Waals surface area (Å²) >= 11 is 1.36. The molecule has 140 valence electrons. The van der Waals surface area contributed by atoms with Gasteiger partial charge in [0.1, 0.15) is 5.54 Å². The van der Waals surface area contributed by atoms with Crippen LogP contribution in [0.4, 0.5) is 4.79 Å². The molecule has 1 atom stereocenters. The molecular weight excluding hydrogens is 362 g/mol. The summed E-state index contributed by atoms with van der Waals surface area (Å²) in [4.78, 5) is 38.6. The lowest BCUT2D eigenvalue weighted by atomic mass is 9.87. The van der Waals surface area contributed by atoms with E-state index in [0.29, 0.717) is 12.0 Å². The molecule has 0 bridgehead atoms. The molecule has 2 aromatic rings. The van der Waals surface area contributed by atoms with E-state index in [0.717, 1.165) is 15.5 Å². The van der Waals surface area contributed by atoms with Gasteiger partial charge in [-0.15, -0.1) is 11.8 Å². The number of nitrogens with one attached hydrogen (secondary N) is 2. The molecule has 1 aliphatic heterocycles. The van der Waals surface area contributed by atoms with Gasteiger partial charge in [-0.1, -0.05) is 55.5 Å². The fourth-order valence-corrected chi connectivity index (χ4v) is 3.88. The summed E-state index contributed by atoms with van der Waals surface area (Å²) in [5.41, 5.74) is 3.04. The highest BCUT2D eigenvalue weighted by molar-refractivity contribution is 8.00. The molecule has 1 heterocycles. The number of rotatable bonds is 6. The van der Waals surface area contributed by atoms with Crippen molar-refractivity contribution in [2.45, 2.75) is 30.7 Å². The number of thioether (sulfide) groups is 1. The van der Waals surface area contributed by atoms with Crippen molar-refractivity contribution in [3.05, 3.63) is 65.7 Å². The maximum absolute atomic E-state index is 13.0. The van der Waals surface area contributed by atoms with E-state index in [-0.39, 0.29) is 5.75 Å². The first-order valence-corrected chi connectivity index (χ1v) is 9.66. The van der Waals surface area contributed by atoms with Crippen LogP contribution in [-0.4, -0.2) is 28.6 Å². The Bertz CT molecular complexity index is 872. The van der Waals surface area contributed by atoms with Crippen LogP contribution in [0.3, 0.4) is 0 Å². The van der Waals surface area contributed by atoms with E-state index in [1.54, 1.807) is 12.1 Å². The van der Waals surface area contributed by atoms with Crippen LogP contribution in [0.1, 0.15) is 24.5 Å². The van der Waals surface area contributed by atoms with Crippen LogP contribution in [0.5, 0.6) is 0 Å². The number of carbonyl (C=O) groups is 3. The van der Waals surface area contributed by atoms with Gasteiger partial charge in [-0.2, -0.15) is 5.01 Å². The van der Waals surface area contributed by atoms with Crippen LogP contribution in [0.15, 0.2) is 59.5 Å². The molecule has 27 heavy (non-hydrogen) atoms. The van der Waals surface area contributed by atoms with Crippen LogP contribution >= 0.6 is 11.8 Å². The van der Waals surface area contributed by atoms with E-state index in [2.05, 4.69) is 10.7 Å². The summed E-state index contributed by atoms with van der Waals surface area (Å²) in [6, 6.07) is 16.2. The first-order chi connectivity index (χ1) is 13.0. The zero-order chi connectivity index (χ0) is 19.4. The van der Waals surface area contributed by atoms with E-state index in [9.17, 15) is 14.4 Å². The Hall–Kier alpha value is -2.80. The van der Waals surface area contributed by atoms with Crippen molar-refractivity contribution in [1.82, 2.24) is 15.8 Å². The highest BCUT2D eigenvalue weighted by Gasteiger charge is 2.52. The summed E-state index contributed by atoms with van der Waals surface area (Å²) in [5, 5.41) is 3.53. The second-order valence-electron chi connectivity index (χ2n) is 6.28. The highest BCUT2D eigenvalue weighted by atomic mass is 32.2. The van der Waals surface area contributed by atoms with Crippen LogP contribution in [0.2, 0.25) is 0 Å². The first-order valence-electron chi connectivity index (χ1n) is 8.68. The Labute approximate surface area is 162 Å². The van der Waals surface area contributed by atoms with Crippen molar-refractivity contribution in [3.8, 4) is 0 Å². The standard InChI is InChI=1S/C20H21N3O3S/c1-3-20(15-10-5-4-6-11-15)18(25)23(19(26)21-20)22-17(24)13-27-16-12-8-7-9-14(16)2/h4-12H,3,13H2,1-2H3,(H,21,26)(H,22,24)/t20-/m0/s1. The number of amides is 4. The van der Waals surface area contributed by atoms with Gasteiger partial charge < -0.3 is 5.32 Å². The van der Waals surface area contributed by atoms with Gasteiger partial charge in [0.15, 0.2) is 0 Å². The van der Waals surface area contributed by atoms with E-state index < -0.39 is 23.4 Å². The van der Waals surface area contributed by atoms with Gasteiger partial charge in [-0.05, 0) is 30.5 Å².